The summed E-state index contributed by atoms with van der Waals surface area (Å²) < 4.78 is 4.89. The molecule has 0 fully saturated rings. The van der Waals surface area contributed by atoms with E-state index in [1.165, 1.54) is 0 Å². The molecular formula is C13H17Cl2NO2. The maximum absolute atomic E-state index is 11.3. The highest BCUT2D eigenvalue weighted by molar-refractivity contribution is 6.35. The highest BCUT2D eigenvalue weighted by atomic mass is 35.5. The van der Waals surface area contributed by atoms with Crippen LogP contribution in [0.2, 0.25) is 10.0 Å². The van der Waals surface area contributed by atoms with Gasteiger partial charge >= 0.3 is 5.97 Å². The smallest absolute Gasteiger partial charge is 0.307 e. The lowest BCUT2D eigenvalue weighted by Gasteiger charge is -2.16. The Labute approximate surface area is 117 Å². The number of esters is 1. The lowest BCUT2D eigenvalue weighted by Crippen LogP contribution is -2.21. The topological polar surface area (TPSA) is 38.3 Å². The van der Waals surface area contributed by atoms with Crippen LogP contribution in [0, 0.1) is 6.92 Å². The van der Waals surface area contributed by atoms with Gasteiger partial charge in [0.15, 0.2) is 0 Å². The van der Waals surface area contributed by atoms with E-state index in [4.69, 9.17) is 27.9 Å². The van der Waals surface area contributed by atoms with Crippen molar-refractivity contribution in [2.45, 2.75) is 33.2 Å². The van der Waals surface area contributed by atoms with Gasteiger partial charge in [-0.25, -0.2) is 0 Å². The predicted molar refractivity (Wildman–Crippen MR) is 75.5 cm³/mol. The van der Waals surface area contributed by atoms with E-state index in [0.717, 1.165) is 11.3 Å². The van der Waals surface area contributed by atoms with Gasteiger partial charge in [0.05, 0.1) is 23.7 Å². The Hall–Kier alpha value is -0.930. The summed E-state index contributed by atoms with van der Waals surface area (Å²) in [5.41, 5.74) is 1.65. The van der Waals surface area contributed by atoms with Gasteiger partial charge in [0.1, 0.15) is 0 Å². The highest BCUT2D eigenvalue weighted by Gasteiger charge is 2.12. The molecule has 0 bridgehead atoms. The monoisotopic (exact) mass is 289 g/mol. The number of benzene rings is 1. The zero-order chi connectivity index (χ0) is 13.7. The van der Waals surface area contributed by atoms with Crippen LogP contribution in [-0.2, 0) is 9.53 Å². The number of carbonyl (C=O) groups is 1. The van der Waals surface area contributed by atoms with Crippen LogP contribution in [0.25, 0.3) is 0 Å². The van der Waals surface area contributed by atoms with Gasteiger partial charge in [0.2, 0.25) is 0 Å². The first kappa shape index (κ1) is 15.1. The minimum atomic E-state index is -0.230. The van der Waals surface area contributed by atoms with Crippen LogP contribution in [0.4, 0.5) is 5.69 Å². The number of anilines is 1. The normalized spacial score (nSPS) is 12.1. The zero-order valence-corrected chi connectivity index (χ0v) is 12.2. The molecule has 1 unspecified atom stereocenters. The number of carbonyl (C=O) groups excluding carboxylic acids is 1. The SMILES string of the molecule is CCOC(=O)CC(C)Nc1cc(Cl)c(C)cc1Cl. The average molecular weight is 290 g/mol. The fraction of sp³-hybridized carbons (Fsp3) is 0.462. The molecule has 0 spiro atoms. The summed E-state index contributed by atoms with van der Waals surface area (Å²) in [6.07, 6.45) is 0.287. The third kappa shape index (κ3) is 4.39. The van der Waals surface area contributed by atoms with Crippen LogP contribution in [0.5, 0.6) is 0 Å². The molecule has 0 saturated heterocycles. The molecule has 3 nitrogen and oxygen atoms in total. The third-order valence-corrected chi connectivity index (χ3v) is 3.15. The van der Waals surface area contributed by atoms with Gasteiger partial charge in [-0.05, 0) is 38.5 Å². The number of ether oxygens (including phenoxy) is 1. The van der Waals surface area contributed by atoms with Crippen LogP contribution in [-0.4, -0.2) is 18.6 Å². The lowest BCUT2D eigenvalue weighted by atomic mass is 10.2. The lowest BCUT2D eigenvalue weighted by molar-refractivity contribution is -0.143. The second kappa shape index (κ2) is 6.86. The molecule has 1 rings (SSSR count). The predicted octanol–water partition coefficient (Wildman–Crippen LogP) is 4.06. The highest BCUT2D eigenvalue weighted by Crippen LogP contribution is 2.29. The fourth-order valence-corrected chi connectivity index (χ4v) is 1.98. The molecule has 0 saturated carbocycles. The van der Waals surface area contributed by atoms with E-state index >= 15 is 0 Å². The Morgan fingerprint density at radius 1 is 1.39 bits per heavy atom. The first-order chi connectivity index (χ1) is 8.43. The van der Waals surface area contributed by atoms with Crippen molar-refractivity contribution in [3.8, 4) is 0 Å². The molecule has 0 heterocycles. The summed E-state index contributed by atoms with van der Waals surface area (Å²) in [4.78, 5) is 11.3. The summed E-state index contributed by atoms with van der Waals surface area (Å²) in [5, 5.41) is 4.38. The fourth-order valence-electron chi connectivity index (χ4n) is 1.54. The molecule has 1 atom stereocenters. The first-order valence-electron chi connectivity index (χ1n) is 5.81. The van der Waals surface area contributed by atoms with Crippen molar-refractivity contribution in [3.05, 3.63) is 27.7 Å². The summed E-state index contributed by atoms with van der Waals surface area (Å²) in [5.74, 6) is -0.230. The van der Waals surface area contributed by atoms with Crippen LogP contribution in [0.1, 0.15) is 25.8 Å². The molecule has 0 aliphatic heterocycles. The van der Waals surface area contributed by atoms with Crippen molar-refractivity contribution in [3.63, 3.8) is 0 Å². The van der Waals surface area contributed by atoms with E-state index in [0.29, 0.717) is 16.7 Å². The minimum absolute atomic E-state index is 0.0691. The first-order valence-corrected chi connectivity index (χ1v) is 6.57. The number of halogens is 2. The van der Waals surface area contributed by atoms with Gasteiger partial charge in [0.25, 0.3) is 0 Å². The Morgan fingerprint density at radius 2 is 2.06 bits per heavy atom. The van der Waals surface area contributed by atoms with E-state index in [-0.39, 0.29) is 18.4 Å². The van der Waals surface area contributed by atoms with Crippen LogP contribution >= 0.6 is 23.2 Å². The Morgan fingerprint density at radius 3 is 2.67 bits per heavy atom. The number of hydrogen-bond acceptors (Lipinski definition) is 3. The van der Waals surface area contributed by atoms with Gasteiger partial charge in [0, 0.05) is 11.1 Å². The second-order valence-electron chi connectivity index (χ2n) is 4.14. The number of hydrogen-bond donors (Lipinski definition) is 1. The summed E-state index contributed by atoms with van der Waals surface area (Å²) >= 11 is 12.1. The zero-order valence-electron chi connectivity index (χ0n) is 10.7. The van der Waals surface area contributed by atoms with Gasteiger partial charge in [-0.3, -0.25) is 4.79 Å². The Balaban J connectivity index is 2.67. The molecular weight excluding hydrogens is 273 g/mol. The molecule has 1 aromatic rings. The van der Waals surface area contributed by atoms with Gasteiger partial charge < -0.3 is 10.1 Å². The molecule has 0 aliphatic rings. The maximum Gasteiger partial charge on any atom is 0.307 e. The van der Waals surface area contributed by atoms with Crippen molar-refractivity contribution >= 4 is 34.9 Å². The van der Waals surface area contributed by atoms with Crippen molar-refractivity contribution in [1.29, 1.82) is 0 Å². The molecule has 100 valence electrons. The van der Waals surface area contributed by atoms with Crippen LogP contribution in [0.3, 0.4) is 0 Å². The molecule has 5 heteroatoms. The molecule has 1 N–H and O–H groups in total. The van der Waals surface area contributed by atoms with Gasteiger partial charge in [-0.15, -0.1) is 0 Å². The second-order valence-corrected chi connectivity index (χ2v) is 4.95. The largest absolute Gasteiger partial charge is 0.466 e. The molecule has 0 amide bonds. The van der Waals surface area contributed by atoms with E-state index in [9.17, 15) is 4.79 Å². The van der Waals surface area contributed by atoms with E-state index < -0.39 is 0 Å². The molecule has 18 heavy (non-hydrogen) atoms. The van der Waals surface area contributed by atoms with Crippen molar-refractivity contribution in [2.75, 3.05) is 11.9 Å². The third-order valence-electron chi connectivity index (χ3n) is 2.43. The number of nitrogens with one attached hydrogen (secondary N) is 1. The maximum atomic E-state index is 11.3. The Kier molecular flexibility index (Phi) is 5.76. The van der Waals surface area contributed by atoms with Crippen molar-refractivity contribution < 1.29 is 9.53 Å². The van der Waals surface area contributed by atoms with E-state index in [1.54, 1.807) is 19.1 Å². The average Bonchev–Trinajstić information content (AvgIpc) is 2.26. The molecule has 0 radical (unpaired) electrons. The number of rotatable bonds is 5. The van der Waals surface area contributed by atoms with Crippen molar-refractivity contribution in [1.82, 2.24) is 0 Å². The summed E-state index contributed by atoms with van der Waals surface area (Å²) in [6.45, 7) is 5.95. The molecule has 0 aliphatic carbocycles. The van der Waals surface area contributed by atoms with Gasteiger partial charge in [-0.1, -0.05) is 23.2 Å². The van der Waals surface area contributed by atoms with Gasteiger partial charge in [-0.2, -0.15) is 0 Å². The quantitative estimate of drug-likeness (QED) is 0.831. The van der Waals surface area contributed by atoms with Crippen LogP contribution < -0.4 is 5.32 Å². The summed E-state index contributed by atoms with van der Waals surface area (Å²) in [7, 11) is 0. The number of aryl methyl sites for hydroxylation is 1. The Bertz CT molecular complexity index is 435. The molecule has 1 aromatic carbocycles. The van der Waals surface area contributed by atoms with Crippen molar-refractivity contribution in [2.24, 2.45) is 0 Å². The minimum Gasteiger partial charge on any atom is -0.466 e. The van der Waals surface area contributed by atoms with Crippen LogP contribution in [0.15, 0.2) is 12.1 Å². The van der Waals surface area contributed by atoms with E-state index in [1.807, 2.05) is 13.8 Å². The summed E-state index contributed by atoms with van der Waals surface area (Å²) in [6, 6.07) is 3.49. The molecule has 0 aromatic heterocycles. The van der Waals surface area contributed by atoms with E-state index in [2.05, 4.69) is 5.32 Å². The standard InChI is InChI=1S/C13H17Cl2NO2/c1-4-18-13(17)6-9(3)16-12-7-10(14)8(2)5-11(12)15/h5,7,9,16H,4,6H2,1-3H3.